The van der Waals surface area contributed by atoms with Gasteiger partial charge in [-0.15, -0.1) is 0 Å². The zero-order chi connectivity index (χ0) is 13.5. The number of amides is 1. The highest BCUT2D eigenvalue weighted by atomic mass is 16.5. The number of carboxylic acid groups (broad SMARTS) is 1. The van der Waals surface area contributed by atoms with Crippen LogP contribution in [0.5, 0.6) is 0 Å². The Morgan fingerprint density at radius 3 is 2.72 bits per heavy atom. The van der Waals surface area contributed by atoms with Crippen molar-refractivity contribution in [2.75, 3.05) is 18.5 Å². The van der Waals surface area contributed by atoms with Gasteiger partial charge in [-0.2, -0.15) is 0 Å². The van der Waals surface area contributed by atoms with E-state index in [2.05, 4.69) is 5.32 Å². The van der Waals surface area contributed by atoms with E-state index in [1.165, 1.54) is 6.07 Å². The molecule has 0 saturated carbocycles. The summed E-state index contributed by atoms with van der Waals surface area (Å²) >= 11 is 0. The van der Waals surface area contributed by atoms with E-state index in [1.54, 1.807) is 19.1 Å². The Morgan fingerprint density at radius 2 is 2.11 bits per heavy atom. The first-order valence-corrected chi connectivity index (χ1v) is 5.76. The van der Waals surface area contributed by atoms with E-state index >= 15 is 0 Å². The number of anilines is 1. The topological polar surface area (TPSA) is 75.6 Å². The summed E-state index contributed by atoms with van der Waals surface area (Å²) in [6, 6.07) is 4.84. The third-order valence-electron chi connectivity index (χ3n) is 2.35. The number of carboxylic acids is 1. The van der Waals surface area contributed by atoms with Crippen molar-refractivity contribution in [3.8, 4) is 0 Å². The number of carbonyl (C=O) groups is 2. The zero-order valence-corrected chi connectivity index (χ0v) is 10.5. The number of benzene rings is 1. The lowest BCUT2D eigenvalue weighted by Crippen LogP contribution is -2.20. The second kappa shape index (κ2) is 6.76. The summed E-state index contributed by atoms with van der Waals surface area (Å²) in [5.74, 6) is -1.41. The SMILES string of the molecule is CCCOCC(=O)Nc1c(C)cccc1C(=O)O. The molecule has 1 aromatic carbocycles. The van der Waals surface area contributed by atoms with Crippen LogP contribution in [0.4, 0.5) is 5.69 Å². The van der Waals surface area contributed by atoms with Gasteiger partial charge in [-0.1, -0.05) is 19.1 Å². The first-order chi connectivity index (χ1) is 8.56. The van der Waals surface area contributed by atoms with Crippen LogP contribution in [-0.2, 0) is 9.53 Å². The molecule has 0 spiro atoms. The molecule has 0 fully saturated rings. The van der Waals surface area contributed by atoms with Crippen molar-refractivity contribution in [3.05, 3.63) is 29.3 Å². The molecular formula is C13H17NO4. The number of para-hydroxylation sites is 1. The van der Waals surface area contributed by atoms with Gasteiger partial charge in [0.25, 0.3) is 0 Å². The first-order valence-electron chi connectivity index (χ1n) is 5.76. The average Bonchev–Trinajstić information content (AvgIpc) is 2.31. The van der Waals surface area contributed by atoms with Crippen LogP contribution in [0.15, 0.2) is 18.2 Å². The van der Waals surface area contributed by atoms with Gasteiger partial charge >= 0.3 is 5.97 Å². The van der Waals surface area contributed by atoms with E-state index in [9.17, 15) is 9.59 Å². The number of hydrogen-bond donors (Lipinski definition) is 2. The van der Waals surface area contributed by atoms with Crippen molar-refractivity contribution in [1.82, 2.24) is 0 Å². The van der Waals surface area contributed by atoms with Crippen molar-refractivity contribution in [2.24, 2.45) is 0 Å². The van der Waals surface area contributed by atoms with Gasteiger partial charge in [-0.05, 0) is 25.0 Å². The molecule has 5 nitrogen and oxygen atoms in total. The van der Waals surface area contributed by atoms with E-state index < -0.39 is 5.97 Å². The maximum Gasteiger partial charge on any atom is 0.337 e. The fraction of sp³-hybridized carbons (Fsp3) is 0.385. The Labute approximate surface area is 106 Å². The molecule has 1 amide bonds. The van der Waals surface area contributed by atoms with Gasteiger partial charge in [0.05, 0.1) is 11.3 Å². The molecule has 18 heavy (non-hydrogen) atoms. The minimum absolute atomic E-state index is 0.0682. The highest BCUT2D eigenvalue weighted by Crippen LogP contribution is 2.20. The molecule has 98 valence electrons. The molecule has 1 aromatic rings. The Bertz CT molecular complexity index is 443. The highest BCUT2D eigenvalue weighted by Gasteiger charge is 2.14. The Kier molecular flexibility index (Phi) is 5.32. The van der Waals surface area contributed by atoms with Gasteiger partial charge in [0.2, 0.25) is 5.91 Å². The Hall–Kier alpha value is -1.88. The summed E-state index contributed by atoms with van der Waals surface area (Å²) in [6.45, 7) is 4.13. The maximum absolute atomic E-state index is 11.6. The molecule has 2 N–H and O–H groups in total. The fourth-order valence-corrected chi connectivity index (χ4v) is 1.50. The fourth-order valence-electron chi connectivity index (χ4n) is 1.50. The molecule has 5 heteroatoms. The number of aryl methyl sites for hydroxylation is 1. The molecule has 0 aliphatic rings. The van der Waals surface area contributed by atoms with Crippen LogP contribution in [-0.4, -0.2) is 30.2 Å². The van der Waals surface area contributed by atoms with Crippen LogP contribution >= 0.6 is 0 Å². The summed E-state index contributed by atoms with van der Waals surface area (Å²) in [5, 5.41) is 11.6. The summed E-state index contributed by atoms with van der Waals surface area (Å²) in [6.07, 6.45) is 0.831. The number of aromatic carboxylic acids is 1. The Balaban J connectivity index is 2.77. The van der Waals surface area contributed by atoms with Crippen LogP contribution in [0.3, 0.4) is 0 Å². The van der Waals surface area contributed by atoms with E-state index in [1.807, 2.05) is 6.92 Å². The Morgan fingerprint density at radius 1 is 1.39 bits per heavy atom. The second-order valence-corrected chi connectivity index (χ2v) is 3.90. The van der Waals surface area contributed by atoms with E-state index in [4.69, 9.17) is 9.84 Å². The van der Waals surface area contributed by atoms with Crippen molar-refractivity contribution in [3.63, 3.8) is 0 Å². The maximum atomic E-state index is 11.6. The van der Waals surface area contributed by atoms with Crippen molar-refractivity contribution in [1.29, 1.82) is 0 Å². The normalized spacial score (nSPS) is 10.1. The van der Waals surface area contributed by atoms with Crippen LogP contribution in [0, 0.1) is 6.92 Å². The minimum Gasteiger partial charge on any atom is -0.478 e. The molecule has 0 heterocycles. The molecule has 0 aliphatic carbocycles. The van der Waals surface area contributed by atoms with E-state index in [0.29, 0.717) is 17.9 Å². The van der Waals surface area contributed by atoms with Crippen LogP contribution in [0.25, 0.3) is 0 Å². The number of ether oxygens (including phenoxy) is 1. The molecule has 0 atom stereocenters. The molecule has 1 rings (SSSR count). The molecule has 0 saturated heterocycles. The lowest BCUT2D eigenvalue weighted by Gasteiger charge is -2.11. The molecule has 0 unspecified atom stereocenters. The smallest absolute Gasteiger partial charge is 0.337 e. The van der Waals surface area contributed by atoms with Gasteiger partial charge in [0.15, 0.2) is 0 Å². The van der Waals surface area contributed by atoms with Crippen molar-refractivity contribution >= 4 is 17.6 Å². The summed E-state index contributed by atoms with van der Waals surface area (Å²) < 4.78 is 5.10. The van der Waals surface area contributed by atoms with Gasteiger partial charge in [-0.3, -0.25) is 4.79 Å². The monoisotopic (exact) mass is 251 g/mol. The van der Waals surface area contributed by atoms with Gasteiger partial charge < -0.3 is 15.2 Å². The van der Waals surface area contributed by atoms with E-state index in [0.717, 1.165) is 6.42 Å². The van der Waals surface area contributed by atoms with Gasteiger partial charge in [-0.25, -0.2) is 4.79 Å². The standard InChI is InChI=1S/C13H17NO4/c1-3-7-18-8-11(15)14-12-9(2)5-4-6-10(12)13(16)17/h4-6H,3,7-8H2,1-2H3,(H,14,15)(H,16,17). The van der Waals surface area contributed by atoms with Crippen molar-refractivity contribution < 1.29 is 19.4 Å². The van der Waals surface area contributed by atoms with Crippen LogP contribution in [0.2, 0.25) is 0 Å². The molecular weight excluding hydrogens is 234 g/mol. The first kappa shape index (κ1) is 14.2. The largest absolute Gasteiger partial charge is 0.478 e. The number of hydrogen-bond acceptors (Lipinski definition) is 3. The quantitative estimate of drug-likeness (QED) is 0.759. The lowest BCUT2D eigenvalue weighted by atomic mass is 10.1. The summed E-state index contributed by atoms with van der Waals surface area (Å²) in [4.78, 5) is 22.6. The minimum atomic E-state index is -1.07. The zero-order valence-electron chi connectivity index (χ0n) is 10.5. The molecule has 0 aromatic heterocycles. The predicted molar refractivity (Wildman–Crippen MR) is 67.9 cm³/mol. The average molecular weight is 251 g/mol. The number of rotatable bonds is 6. The van der Waals surface area contributed by atoms with Crippen LogP contribution < -0.4 is 5.32 Å². The van der Waals surface area contributed by atoms with Gasteiger partial charge in [0, 0.05) is 6.61 Å². The number of nitrogens with one attached hydrogen (secondary N) is 1. The van der Waals surface area contributed by atoms with Crippen LogP contribution in [0.1, 0.15) is 29.3 Å². The summed E-state index contributed by atoms with van der Waals surface area (Å²) in [7, 11) is 0. The van der Waals surface area contributed by atoms with E-state index in [-0.39, 0.29) is 18.1 Å². The second-order valence-electron chi connectivity index (χ2n) is 3.90. The third-order valence-corrected chi connectivity index (χ3v) is 2.35. The lowest BCUT2D eigenvalue weighted by molar-refractivity contribution is -0.120. The number of carbonyl (C=O) groups excluding carboxylic acids is 1. The molecule has 0 aliphatic heterocycles. The third kappa shape index (κ3) is 3.85. The highest BCUT2D eigenvalue weighted by molar-refractivity contribution is 6.01. The molecule has 0 bridgehead atoms. The molecule has 0 radical (unpaired) electrons. The van der Waals surface area contributed by atoms with Crippen molar-refractivity contribution in [2.45, 2.75) is 20.3 Å². The van der Waals surface area contributed by atoms with Gasteiger partial charge in [0.1, 0.15) is 6.61 Å². The predicted octanol–water partition coefficient (Wildman–Crippen LogP) is 2.06. The summed E-state index contributed by atoms with van der Waals surface area (Å²) in [5.41, 5.74) is 1.12.